The Hall–Kier alpha value is -0.503. The number of rotatable bonds is 5. The van der Waals surface area contributed by atoms with Crippen LogP contribution in [0.3, 0.4) is 0 Å². The molecule has 0 radical (unpaired) electrons. The molecule has 0 aromatic heterocycles. The summed E-state index contributed by atoms with van der Waals surface area (Å²) in [7, 11) is -1.45. The highest BCUT2D eigenvalue weighted by Crippen LogP contribution is 2.18. The summed E-state index contributed by atoms with van der Waals surface area (Å²) in [5.74, 6) is 1.31. The molecule has 1 unspecified atom stereocenters. The van der Waals surface area contributed by atoms with Gasteiger partial charge in [0.25, 0.3) is 0 Å². The number of hydrogen-bond acceptors (Lipinski definition) is 1. The van der Waals surface area contributed by atoms with Crippen LogP contribution in [0.25, 0.3) is 0 Å². The predicted octanol–water partition coefficient (Wildman–Crippen LogP) is 3.56. The molecule has 0 saturated heterocycles. The number of hydrogen-bond donors (Lipinski definition) is 0. The van der Waals surface area contributed by atoms with Gasteiger partial charge in [-0.25, -0.2) is 0 Å². The van der Waals surface area contributed by atoms with Gasteiger partial charge >= 0.3 is 0 Å². The Morgan fingerprint density at radius 2 is 2.00 bits per heavy atom. The van der Waals surface area contributed by atoms with Crippen LogP contribution in [0.5, 0.6) is 0 Å². The van der Waals surface area contributed by atoms with Gasteiger partial charge in [-0.05, 0) is 26.1 Å². The highest BCUT2D eigenvalue weighted by Gasteiger charge is 2.18. The van der Waals surface area contributed by atoms with E-state index in [0.29, 0.717) is 5.92 Å². The number of allylic oxidation sites excluding steroid dienone is 2. The first-order valence-corrected chi connectivity index (χ1v) is 7.76. The fourth-order valence-corrected chi connectivity index (χ4v) is 1.86. The minimum Gasteiger partial charge on any atom is -0.548 e. The van der Waals surface area contributed by atoms with Gasteiger partial charge in [-0.2, -0.15) is 0 Å². The summed E-state index contributed by atoms with van der Waals surface area (Å²) in [5.41, 5.74) is 0. The van der Waals surface area contributed by atoms with Crippen LogP contribution in [0.2, 0.25) is 19.6 Å². The van der Waals surface area contributed by atoms with Crippen molar-refractivity contribution >= 4 is 8.32 Å². The fraction of sp³-hybridized carbons (Fsp3) is 0.600. The molecule has 0 amide bonds. The average Bonchev–Trinajstić information content (AvgIpc) is 1.84. The van der Waals surface area contributed by atoms with Crippen molar-refractivity contribution in [2.24, 2.45) is 5.92 Å². The van der Waals surface area contributed by atoms with Gasteiger partial charge in [0.2, 0.25) is 8.32 Å². The third-order valence-electron chi connectivity index (χ3n) is 1.51. The molecule has 12 heavy (non-hydrogen) atoms. The molecular weight excluding hydrogens is 164 g/mol. The quantitative estimate of drug-likeness (QED) is 0.360. The molecule has 0 spiro atoms. The molecule has 0 fully saturated rings. The first-order valence-electron chi connectivity index (χ1n) is 4.35. The van der Waals surface area contributed by atoms with Gasteiger partial charge in [0, 0.05) is 5.92 Å². The van der Waals surface area contributed by atoms with Crippen LogP contribution in [0, 0.1) is 5.92 Å². The Bertz CT molecular complexity index is 167. The van der Waals surface area contributed by atoms with Crippen molar-refractivity contribution in [1.29, 1.82) is 0 Å². The van der Waals surface area contributed by atoms with Gasteiger partial charge in [-0.15, -0.1) is 6.58 Å². The van der Waals surface area contributed by atoms with Crippen molar-refractivity contribution in [3.05, 3.63) is 25.0 Å². The normalized spacial score (nSPS) is 13.7. The summed E-state index contributed by atoms with van der Waals surface area (Å²) in [5, 5.41) is 0. The maximum absolute atomic E-state index is 5.75. The molecular formula is C10H20OSi. The van der Waals surface area contributed by atoms with E-state index in [1.54, 1.807) is 0 Å². The maximum atomic E-state index is 5.75. The summed E-state index contributed by atoms with van der Waals surface area (Å²) >= 11 is 0. The highest BCUT2D eigenvalue weighted by molar-refractivity contribution is 6.70. The molecule has 0 N–H and O–H groups in total. The molecule has 0 saturated carbocycles. The van der Waals surface area contributed by atoms with Crippen LogP contribution in [0.1, 0.15) is 13.3 Å². The lowest BCUT2D eigenvalue weighted by atomic mass is 10.1. The molecule has 0 aliphatic rings. The smallest absolute Gasteiger partial charge is 0.241 e. The minimum absolute atomic E-state index is 0.397. The van der Waals surface area contributed by atoms with E-state index in [1.807, 2.05) is 6.08 Å². The van der Waals surface area contributed by atoms with Gasteiger partial charge in [-0.3, -0.25) is 0 Å². The van der Waals surface area contributed by atoms with Gasteiger partial charge in [-0.1, -0.05) is 19.6 Å². The molecule has 0 bridgehead atoms. The molecule has 1 nitrogen and oxygen atoms in total. The van der Waals surface area contributed by atoms with Crippen molar-refractivity contribution in [1.82, 2.24) is 0 Å². The van der Waals surface area contributed by atoms with Gasteiger partial charge in [0.15, 0.2) is 0 Å². The van der Waals surface area contributed by atoms with Crippen LogP contribution < -0.4 is 0 Å². The second-order valence-electron chi connectivity index (χ2n) is 4.11. The van der Waals surface area contributed by atoms with E-state index >= 15 is 0 Å². The van der Waals surface area contributed by atoms with E-state index in [-0.39, 0.29) is 0 Å². The predicted molar refractivity (Wildman–Crippen MR) is 57.5 cm³/mol. The van der Waals surface area contributed by atoms with Crippen LogP contribution >= 0.6 is 0 Å². The molecule has 2 heteroatoms. The van der Waals surface area contributed by atoms with Crippen LogP contribution in [0.4, 0.5) is 0 Å². The van der Waals surface area contributed by atoms with Crippen LogP contribution in [-0.4, -0.2) is 8.32 Å². The SMILES string of the molecule is C=CCC(C)C(=C)O[Si](C)(C)C. The van der Waals surface area contributed by atoms with E-state index < -0.39 is 8.32 Å². The minimum atomic E-state index is -1.45. The monoisotopic (exact) mass is 184 g/mol. The van der Waals surface area contributed by atoms with E-state index in [4.69, 9.17) is 4.43 Å². The van der Waals surface area contributed by atoms with Crippen molar-refractivity contribution in [3.8, 4) is 0 Å². The van der Waals surface area contributed by atoms with E-state index in [1.165, 1.54) is 0 Å². The Balaban J connectivity index is 3.95. The Morgan fingerprint density at radius 1 is 1.50 bits per heavy atom. The summed E-state index contributed by atoms with van der Waals surface area (Å²) in [6, 6.07) is 0. The van der Waals surface area contributed by atoms with Crippen molar-refractivity contribution in [2.75, 3.05) is 0 Å². The summed E-state index contributed by atoms with van der Waals surface area (Å²) in [4.78, 5) is 0. The molecule has 0 aliphatic carbocycles. The summed E-state index contributed by atoms with van der Waals surface area (Å²) in [6.07, 6.45) is 2.85. The molecule has 0 rings (SSSR count). The average molecular weight is 184 g/mol. The van der Waals surface area contributed by atoms with E-state index in [9.17, 15) is 0 Å². The molecule has 0 aromatic rings. The zero-order valence-electron chi connectivity index (χ0n) is 8.68. The molecule has 1 atom stereocenters. The second-order valence-corrected chi connectivity index (χ2v) is 8.54. The molecule has 0 heterocycles. The lowest BCUT2D eigenvalue weighted by Crippen LogP contribution is -2.26. The van der Waals surface area contributed by atoms with E-state index in [0.717, 1.165) is 12.2 Å². The van der Waals surface area contributed by atoms with Crippen molar-refractivity contribution < 1.29 is 4.43 Å². The Labute approximate surface area is 77.3 Å². The third kappa shape index (κ3) is 5.19. The largest absolute Gasteiger partial charge is 0.548 e. The van der Waals surface area contributed by atoms with Crippen LogP contribution in [0.15, 0.2) is 25.0 Å². The first kappa shape index (κ1) is 11.5. The van der Waals surface area contributed by atoms with Crippen molar-refractivity contribution in [2.45, 2.75) is 33.0 Å². The lowest BCUT2D eigenvalue weighted by molar-refractivity contribution is 0.357. The highest BCUT2D eigenvalue weighted by atomic mass is 28.4. The summed E-state index contributed by atoms with van der Waals surface area (Å²) in [6.45, 7) is 16.2. The Kier molecular flexibility index (Phi) is 4.32. The van der Waals surface area contributed by atoms with Gasteiger partial charge < -0.3 is 4.43 Å². The third-order valence-corrected chi connectivity index (χ3v) is 2.38. The van der Waals surface area contributed by atoms with E-state index in [2.05, 4.69) is 39.7 Å². The zero-order chi connectivity index (χ0) is 9.78. The van der Waals surface area contributed by atoms with Gasteiger partial charge in [0.05, 0.1) is 5.76 Å². The van der Waals surface area contributed by atoms with Crippen LogP contribution in [-0.2, 0) is 4.43 Å². The molecule has 70 valence electrons. The lowest BCUT2D eigenvalue weighted by Gasteiger charge is -2.24. The second kappa shape index (κ2) is 4.50. The topological polar surface area (TPSA) is 9.23 Å². The van der Waals surface area contributed by atoms with Crippen molar-refractivity contribution in [3.63, 3.8) is 0 Å². The molecule has 0 aliphatic heterocycles. The fourth-order valence-electron chi connectivity index (χ4n) is 0.875. The maximum Gasteiger partial charge on any atom is 0.241 e. The van der Waals surface area contributed by atoms with Gasteiger partial charge in [0.1, 0.15) is 0 Å². The Morgan fingerprint density at radius 3 is 2.33 bits per heavy atom. The molecule has 0 aromatic carbocycles. The standard InChI is InChI=1S/C10H20OSi/c1-7-8-9(2)10(3)11-12(4,5)6/h7,9H,1,3,8H2,2,4-6H3. The zero-order valence-corrected chi connectivity index (χ0v) is 9.68. The first-order chi connectivity index (χ1) is 5.37. The summed E-state index contributed by atoms with van der Waals surface area (Å²) < 4.78 is 5.75.